The van der Waals surface area contributed by atoms with Crippen LogP contribution in [0, 0.1) is 5.92 Å². The van der Waals surface area contributed by atoms with Crippen molar-refractivity contribution in [2.24, 2.45) is 5.92 Å². The maximum atomic E-state index is 12.4. The van der Waals surface area contributed by atoms with Crippen molar-refractivity contribution >= 4 is 46.9 Å². The summed E-state index contributed by atoms with van der Waals surface area (Å²) in [5.41, 5.74) is 1.70. The van der Waals surface area contributed by atoms with Crippen molar-refractivity contribution in [3.63, 3.8) is 0 Å². The van der Waals surface area contributed by atoms with E-state index in [4.69, 9.17) is 23.2 Å². The molecular formula is C17H16Cl2N4O2. The number of benzene rings is 1. The van der Waals surface area contributed by atoms with Crippen LogP contribution < -0.4 is 10.2 Å². The van der Waals surface area contributed by atoms with E-state index in [1.807, 2.05) is 12.1 Å². The topological polar surface area (TPSA) is 75.2 Å². The van der Waals surface area contributed by atoms with E-state index >= 15 is 0 Å². The first-order valence-electron chi connectivity index (χ1n) is 7.85. The van der Waals surface area contributed by atoms with Gasteiger partial charge in [0.2, 0.25) is 5.91 Å². The Hall–Kier alpha value is -2.18. The van der Waals surface area contributed by atoms with E-state index in [1.54, 1.807) is 12.1 Å². The molecule has 1 N–H and O–H groups in total. The second kappa shape index (κ2) is 7.80. The summed E-state index contributed by atoms with van der Waals surface area (Å²) in [6.07, 6.45) is 3.52. The zero-order valence-corrected chi connectivity index (χ0v) is 14.8. The predicted octanol–water partition coefficient (Wildman–Crippen LogP) is 3.45. The Kier molecular flexibility index (Phi) is 5.50. The number of amides is 1. The third-order valence-electron chi connectivity index (χ3n) is 4.25. The fraction of sp³-hybridized carbons (Fsp3) is 0.294. The van der Waals surface area contributed by atoms with Gasteiger partial charge in [0.05, 0.1) is 0 Å². The Labute approximate surface area is 155 Å². The van der Waals surface area contributed by atoms with Crippen LogP contribution in [-0.2, 0) is 4.79 Å². The van der Waals surface area contributed by atoms with Crippen LogP contribution in [0.4, 0.5) is 11.5 Å². The van der Waals surface area contributed by atoms with Gasteiger partial charge in [-0.2, -0.15) is 0 Å². The lowest BCUT2D eigenvalue weighted by Crippen LogP contribution is -2.38. The molecule has 3 rings (SSSR count). The summed E-state index contributed by atoms with van der Waals surface area (Å²) in [5.74, 6) is 0.00136. The summed E-state index contributed by atoms with van der Waals surface area (Å²) in [7, 11) is 0. The number of rotatable bonds is 4. The van der Waals surface area contributed by atoms with E-state index in [9.17, 15) is 9.59 Å². The Morgan fingerprint density at radius 1 is 1.16 bits per heavy atom. The van der Waals surface area contributed by atoms with Crippen LogP contribution in [0.1, 0.15) is 23.2 Å². The molecular weight excluding hydrogens is 363 g/mol. The number of piperidine rings is 1. The molecule has 1 aliphatic rings. The highest BCUT2D eigenvalue weighted by Crippen LogP contribution is 2.28. The van der Waals surface area contributed by atoms with E-state index in [0.717, 1.165) is 37.9 Å². The normalized spacial score (nSPS) is 15.0. The molecule has 0 aliphatic carbocycles. The number of halogens is 2. The third-order valence-corrected chi connectivity index (χ3v) is 4.99. The van der Waals surface area contributed by atoms with E-state index < -0.39 is 0 Å². The third kappa shape index (κ3) is 4.08. The van der Waals surface area contributed by atoms with Gasteiger partial charge < -0.3 is 10.2 Å². The van der Waals surface area contributed by atoms with Crippen LogP contribution >= 0.6 is 23.2 Å². The zero-order valence-electron chi connectivity index (χ0n) is 13.3. The smallest absolute Gasteiger partial charge is 0.228 e. The fourth-order valence-corrected chi connectivity index (χ4v) is 3.10. The van der Waals surface area contributed by atoms with Gasteiger partial charge in [0, 0.05) is 30.3 Å². The molecule has 0 atom stereocenters. The summed E-state index contributed by atoms with van der Waals surface area (Å²) in [6, 6.07) is 7.43. The van der Waals surface area contributed by atoms with E-state index in [-0.39, 0.29) is 27.8 Å². The zero-order chi connectivity index (χ0) is 17.8. The van der Waals surface area contributed by atoms with Crippen LogP contribution in [0.2, 0.25) is 10.2 Å². The lowest BCUT2D eigenvalue weighted by molar-refractivity contribution is -0.120. The largest absolute Gasteiger partial charge is 0.371 e. The summed E-state index contributed by atoms with van der Waals surface area (Å²) in [5, 5.41) is 2.98. The van der Waals surface area contributed by atoms with Gasteiger partial charge in [0.15, 0.2) is 11.0 Å². The number of aromatic nitrogens is 2. The van der Waals surface area contributed by atoms with E-state index in [2.05, 4.69) is 20.2 Å². The number of carbonyl (C=O) groups is 2. The molecule has 1 aromatic heterocycles. The maximum absolute atomic E-state index is 12.4. The standard InChI is InChI=1S/C17H16Cl2N4O2/c18-14-15(19)20-10-21-16(14)22-17(25)12-5-7-23(8-6-12)13-3-1-11(9-24)2-4-13/h1-4,9-10,12H,5-8H2,(H,20,21,22,25). The number of hydrogen-bond acceptors (Lipinski definition) is 5. The molecule has 0 saturated carbocycles. The first kappa shape index (κ1) is 17.6. The molecule has 0 radical (unpaired) electrons. The average molecular weight is 379 g/mol. The SMILES string of the molecule is O=Cc1ccc(N2CCC(C(=O)Nc3ncnc(Cl)c3Cl)CC2)cc1. The van der Waals surface area contributed by atoms with Gasteiger partial charge in [0.1, 0.15) is 17.6 Å². The summed E-state index contributed by atoms with van der Waals surface area (Å²) < 4.78 is 0. The Morgan fingerprint density at radius 2 is 1.84 bits per heavy atom. The average Bonchev–Trinajstić information content (AvgIpc) is 2.65. The molecule has 6 nitrogen and oxygen atoms in total. The molecule has 0 unspecified atom stereocenters. The van der Waals surface area contributed by atoms with Crippen molar-refractivity contribution in [2.45, 2.75) is 12.8 Å². The van der Waals surface area contributed by atoms with Crippen LogP contribution in [0.5, 0.6) is 0 Å². The molecule has 1 aromatic carbocycles. The Bertz CT molecular complexity index is 775. The monoisotopic (exact) mass is 378 g/mol. The summed E-state index contributed by atoms with van der Waals surface area (Å²) in [6.45, 7) is 1.52. The molecule has 8 heteroatoms. The van der Waals surface area contributed by atoms with Gasteiger partial charge in [0.25, 0.3) is 0 Å². The van der Waals surface area contributed by atoms with Crippen molar-refractivity contribution < 1.29 is 9.59 Å². The minimum Gasteiger partial charge on any atom is -0.371 e. The van der Waals surface area contributed by atoms with Crippen molar-refractivity contribution in [1.29, 1.82) is 0 Å². The molecule has 2 aromatic rings. The van der Waals surface area contributed by atoms with Gasteiger partial charge in [-0.1, -0.05) is 23.2 Å². The first-order valence-corrected chi connectivity index (χ1v) is 8.61. The van der Waals surface area contributed by atoms with Crippen LogP contribution in [0.15, 0.2) is 30.6 Å². The van der Waals surface area contributed by atoms with Crippen LogP contribution in [0.3, 0.4) is 0 Å². The van der Waals surface area contributed by atoms with Crippen molar-refractivity contribution in [3.8, 4) is 0 Å². The highest BCUT2D eigenvalue weighted by molar-refractivity contribution is 6.42. The van der Waals surface area contributed by atoms with Crippen LogP contribution in [-0.4, -0.2) is 35.3 Å². The molecule has 1 amide bonds. The summed E-state index contributed by atoms with van der Waals surface area (Å²) >= 11 is 11.8. The number of anilines is 2. The minimum atomic E-state index is -0.118. The molecule has 2 heterocycles. The number of nitrogens with one attached hydrogen (secondary N) is 1. The number of nitrogens with zero attached hydrogens (tertiary/aromatic N) is 3. The maximum Gasteiger partial charge on any atom is 0.228 e. The number of hydrogen-bond donors (Lipinski definition) is 1. The second-order valence-corrected chi connectivity index (χ2v) is 6.52. The summed E-state index contributed by atoms with van der Waals surface area (Å²) in [4.78, 5) is 33.1. The van der Waals surface area contributed by atoms with E-state index in [0.29, 0.717) is 5.56 Å². The molecule has 1 saturated heterocycles. The lowest BCUT2D eigenvalue weighted by atomic mass is 9.95. The predicted molar refractivity (Wildman–Crippen MR) is 97.4 cm³/mol. The van der Waals surface area contributed by atoms with Gasteiger partial charge in [-0.05, 0) is 37.1 Å². The molecule has 1 aliphatic heterocycles. The Morgan fingerprint density at radius 3 is 2.48 bits per heavy atom. The quantitative estimate of drug-likeness (QED) is 0.651. The fourth-order valence-electron chi connectivity index (χ4n) is 2.82. The number of aldehydes is 1. The van der Waals surface area contributed by atoms with Crippen molar-refractivity contribution in [1.82, 2.24) is 9.97 Å². The Balaban J connectivity index is 1.58. The molecule has 1 fully saturated rings. The minimum absolute atomic E-state index is 0.112. The van der Waals surface area contributed by atoms with Crippen molar-refractivity contribution in [3.05, 3.63) is 46.3 Å². The van der Waals surface area contributed by atoms with Gasteiger partial charge in [-0.25, -0.2) is 9.97 Å². The molecule has 25 heavy (non-hydrogen) atoms. The highest BCUT2D eigenvalue weighted by atomic mass is 35.5. The second-order valence-electron chi connectivity index (χ2n) is 5.79. The molecule has 130 valence electrons. The lowest BCUT2D eigenvalue weighted by Gasteiger charge is -2.33. The van der Waals surface area contributed by atoms with E-state index in [1.165, 1.54) is 6.33 Å². The molecule has 0 spiro atoms. The number of carbonyl (C=O) groups excluding carboxylic acids is 2. The molecule has 0 bridgehead atoms. The van der Waals surface area contributed by atoms with Gasteiger partial charge in [-0.15, -0.1) is 0 Å². The van der Waals surface area contributed by atoms with Gasteiger partial charge in [-0.3, -0.25) is 9.59 Å². The van der Waals surface area contributed by atoms with Crippen molar-refractivity contribution in [2.75, 3.05) is 23.3 Å². The van der Waals surface area contributed by atoms with Crippen LogP contribution in [0.25, 0.3) is 0 Å². The first-order chi connectivity index (χ1) is 12.1. The highest BCUT2D eigenvalue weighted by Gasteiger charge is 2.26. The van der Waals surface area contributed by atoms with Gasteiger partial charge >= 0.3 is 0 Å².